The fourth-order valence-corrected chi connectivity index (χ4v) is 6.07. The van der Waals surface area contributed by atoms with Crippen LogP contribution in [0, 0.1) is 3.57 Å². The molecule has 3 N–H and O–H groups in total. The molecule has 0 aliphatic carbocycles. The molecule has 5 rings (SSSR count). The standard InChI is InChI=1S/C36H26Cl2IN3O3S/c37-30-13-7-12-25(32(30)38)22-31(42-34(43)24-10-5-2-6-11-24)35(44)40-28-18-20-29(21-19-28)46-33(23-8-3-1-4-9-23)36(45)41-27-16-14-26(39)15-17-27/h1-22,33H,(H,40,44)(H,41,45)(H,42,43)/b31-22-. The maximum Gasteiger partial charge on any atom is 0.272 e. The van der Waals surface area contributed by atoms with E-state index in [1.807, 2.05) is 66.7 Å². The van der Waals surface area contributed by atoms with Crippen molar-refractivity contribution >= 4 is 92.7 Å². The first kappa shape index (κ1) is 33.3. The quantitative estimate of drug-likeness (QED) is 0.0750. The minimum absolute atomic E-state index is 0.0205. The van der Waals surface area contributed by atoms with Gasteiger partial charge in [0.25, 0.3) is 11.8 Å². The van der Waals surface area contributed by atoms with Gasteiger partial charge in [0.15, 0.2) is 0 Å². The summed E-state index contributed by atoms with van der Waals surface area (Å²) in [5.41, 5.74) is 2.90. The number of amides is 3. The Hall–Kier alpha value is -4.09. The Morgan fingerprint density at radius 2 is 1.30 bits per heavy atom. The molecule has 0 saturated carbocycles. The highest BCUT2D eigenvalue weighted by atomic mass is 127. The summed E-state index contributed by atoms with van der Waals surface area (Å²) in [6.07, 6.45) is 1.48. The Balaban J connectivity index is 1.34. The average molecular weight is 778 g/mol. The summed E-state index contributed by atoms with van der Waals surface area (Å²) in [4.78, 5) is 40.7. The topological polar surface area (TPSA) is 87.3 Å². The second-order valence-corrected chi connectivity index (χ2v) is 13.1. The van der Waals surface area contributed by atoms with Gasteiger partial charge in [-0.2, -0.15) is 0 Å². The molecule has 3 amide bonds. The molecule has 5 aromatic rings. The van der Waals surface area contributed by atoms with Crippen molar-refractivity contribution in [1.82, 2.24) is 5.32 Å². The fourth-order valence-electron chi connectivity index (χ4n) is 4.32. The van der Waals surface area contributed by atoms with Crippen molar-refractivity contribution in [3.8, 4) is 0 Å². The van der Waals surface area contributed by atoms with E-state index < -0.39 is 17.1 Å². The van der Waals surface area contributed by atoms with Gasteiger partial charge in [0, 0.05) is 25.4 Å². The molecule has 0 saturated heterocycles. The van der Waals surface area contributed by atoms with Crippen LogP contribution in [0.1, 0.15) is 26.7 Å². The number of anilines is 2. The Kier molecular flexibility index (Phi) is 11.5. The number of rotatable bonds is 10. The number of thioether (sulfide) groups is 1. The van der Waals surface area contributed by atoms with E-state index >= 15 is 0 Å². The first-order valence-corrected chi connectivity index (χ1v) is 16.7. The van der Waals surface area contributed by atoms with Gasteiger partial charge < -0.3 is 16.0 Å². The van der Waals surface area contributed by atoms with Crippen LogP contribution in [-0.4, -0.2) is 17.7 Å². The molecule has 0 radical (unpaired) electrons. The van der Waals surface area contributed by atoms with Crippen molar-refractivity contribution in [3.05, 3.63) is 163 Å². The molecule has 46 heavy (non-hydrogen) atoms. The summed E-state index contributed by atoms with van der Waals surface area (Å²) < 4.78 is 1.08. The molecular weight excluding hydrogens is 752 g/mol. The lowest BCUT2D eigenvalue weighted by molar-refractivity contribution is -0.116. The highest BCUT2D eigenvalue weighted by Gasteiger charge is 2.23. The van der Waals surface area contributed by atoms with E-state index in [-0.39, 0.29) is 16.6 Å². The number of nitrogens with one attached hydrogen (secondary N) is 3. The lowest BCUT2D eigenvalue weighted by Crippen LogP contribution is -2.30. The molecule has 0 aliphatic heterocycles. The highest BCUT2D eigenvalue weighted by Crippen LogP contribution is 2.37. The Labute approximate surface area is 294 Å². The van der Waals surface area contributed by atoms with Crippen LogP contribution in [0.5, 0.6) is 0 Å². The first-order chi connectivity index (χ1) is 22.3. The van der Waals surface area contributed by atoms with Crippen molar-refractivity contribution in [1.29, 1.82) is 0 Å². The Bertz CT molecular complexity index is 1870. The molecule has 5 aromatic carbocycles. The number of benzene rings is 5. The van der Waals surface area contributed by atoms with Crippen LogP contribution in [-0.2, 0) is 9.59 Å². The van der Waals surface area contributed by atoms with E-state index in [1.54, 1.807) is 60.7 Å². The second-order valence-electron chi connectivity index (χ2n) is 9.90. The molecule has 6 nitrogen and oxygen atoms in total. The van der Waals surface area contributed by atoms with E-state index in [0.29, 0.717) is 27.5 Å². The minimum atomic E-state index is -0.556. The largest absolute Gasteiger partial charge is 0.325 e. The summed E-state index contributed by atoms with van der Waals surface area (Å²) in [6, 6.07) is 37.9. The molecule has 0 aliphatic rings. The highest BCUT2D eigenvalue weighted by molar-refractivity contribution is 14.1. The maximum atomic E-state index is 13.5. The molecule has 0 bridgehead atoms. The van der Waals surface area contributed by atoms with Crippen LogP contribution in [0.3, 0.4) is 0 Å². The molecule has 230 valence electrons. The molecular formula is C36H26Cl2IN3O3S. The molecule has 1 atom stereocenters. The second kappa shape index (κ2) is 16.0. The number of halogens is 3. The fraction of sp³-hybridized carbons (Fsp3) is 0.0278. The summed E-state index contributed by atoms with van der Waals surface area (Å²) >= 11 is 16.2. The van der Waals surface area contributed by atoms with Crippen molar-refractivity contribution in [2.45, 2.75) is 10.1 Å². The first-order valence-electron chi connectivity index (χ1n) is 14.0. The van der Waals surface area contributed by atoms with Gasteiger partial charge in [0.1, 0.15) is 10.9 Å². The third-order valence-electron chi connectivity index (χ3n) is 6.63. The minimum Gasteiger partial charge on any atom is -0.325 e. The van der Waals surface area contributed by atoms with Crippen molar-refractivity contribution in [2.75, 3.05) is 10.6 Å². The third kappa shape index (κ3) is 9.01. The van der Waals surface area contributed by atoms with Gasteiger partial charge in [-0.25, -0.2) is 0 Å². The van der Waals surface area contributed by atoms with Gasteiger partial charge >= 0.3 is 0 Å². The predicted molar refractivity (Wildman–Crippen MR) is 196 cm³/mol. The lowest BCUT2D eigenvalue weighted by atomic mass is 10.1. The monoisotopic (exact) mass is 777 g/mol. The maximum absolute atomic E-state index is 13.5. The van der Waals surface area contributed by atoms with Crippen molar-refractivity contribution < 1.29 is 14.4 Å². The van der Waals surface area contributed by atoms with Crippen LogP contribution in [0.25, 0.3) is 6.08 Å². The summed E-state index contributed by atoms with van der Waals surface area (Å²) in [6.45, 7) is 0. The van der Waals surface area contributed by atoms with Crippen molar-refractivity contribution in [3.63, 3.8) is 0 Å². The van der Waals surface area contributed by atoms with E-state index in [4.69, 9.17) is 23.2 Å². The van der Waals surface area contributed by atoms with E-state index in [2.05, 4.69) is 38.5 Å². The number of hydrogen-bond acceptors (Lipinski definition) is 4. The summed E-state index contributed by atoms with van der Waals surface area (Å²) in [7, 11) is 0. The number of carbonyl (C=O) groups is 3. The van der Waals surface area contributed by atoms with E-state index in [9.17, 15) is 14.4 Å². The third-order valence-corrected chi connectivity index (χ3v) is 9.45. The zero-order valence-electron chi connectivity index (χ0n) is 24.0. The van der Waals surface area contributed by atoms with E-state index in [0.717, 1.165) is 14.0 Å². The van der Waals surface area contributed by atoms with Crippen LogP contribution < -0.4 is 16.0 Å². The normalized spacial score (nSPS) is 11.8. The molecule has 0 fully saturated rings. The summed E-state index contributed by atoms with van der Waals surface area (Å²) in [5.74, 6) is -1.17. The van der Waals surface area contributed by atoms with Crippen molar-refractivity contribution in [2.24, 2.45) is 0 Å². The molecule has 10 heteroatoms. The van der Waals surface area contributed by atoms with Crippen LogP contribution in [0.4, 0.5) is 11.4 Å². The zero-order chi connectivity index (χ0) is 32.5. The Morgan fingerprint density at radius 3 is 1.98 bits per heavy atom. The smallest absolute Gasteiger partial charge is 0.272 e. The van der Waals surface area contributed by atoms with Crippen LogP contribution in [0.2, 0.25) is 10.0 Å². The lowest BCUT2D eigenvalue weighted by Gasteiger charge is -2.17. The van der Waals surface area contributed by atoms with Crippen LogP contribution >= 0.6 is 57.6 Å². The van der Waals surface area contributed by atoms with Gasteiger partial charge in [-0.1, -0.05) is 83.9 Å². The van der Waals surface area contributed by atoms with Gasteiger partial charge in [-0.05, 0) is 107 Å². The number of carbonyl (C=O) groups excluding carboxylic acids is 3. The molecule has 0 heterocycles. The molecule has 1 unspecified atom stereocenters. The summed E-state index contributed by atoms with van der Waals surface area (Å²) in [5, 5.41) is 8.60. The van der Waals surface area contributed by atoms with Gasteiger partial charge in [-0.3, -0.25) is 14.4 Å². The van der Waals surface area contributed by atoms with Gasteiger partial charge in [-0.15, -0.1) is 11.8 Å². The van der Waals surface area contributed by atoms with Gasteiger partial charge in [0.05, 0.1) is 10.0 Å². The Morgan fingerprint density at radius 1 is 0.696 bits per heavy atom. The SMILES string of the molecule is O=C(Nc1ccc(SC(C(=O)Nc2ccc(I)cc2)c2ccccc2)cc1)/C(=C/c1cccc(Cl)c1Cl)NC(=O)c1ccccc1. The van der Waals surface area contributed by atoms with E-state index in [1.165, 1.54) is 17.8 Å². The predicted octanol–water partition coefficient (Wildman–Crippen LogP) is 9.48. The zero-order valence-corrected chi connectivity index (χ0v) is 28.5. The van der Waals surface area contributed by atoms with Crippen LogP contribution in [0.15, 0.2) is 138 Å². The molecule has 0 aromatic heterocycles. The van der Waals surface area contributed by atoms with Gasteiger partial charge in [0.2, 0.25) is 5.91 Å². The number of hydrogen-bond donors (Lipinski definition) is 3. The molecule has 0 spiro atoms. The average Bonchev–Trinajstić information content (AvgIpc) is 3.07.